The Balaban J connectivity index is 1.59. The molecule has 1 amide bonds. The molecule has 0 saturated carbocycles. The van der Waals surface area contributed by atoms with Crippen LogP contribution in [0.25, 0.3) is 10.9 Å². The van der Waals surface area contributed by atoms with Crippen LogP contribution in [-0.2, 0) is 10.2 Å². The van der Waals surface area contributed by atoms with Gasteiger partial charge >= 0.3 is 0 Å². The zero-order valence-corrected chi connectivity index (χ0v) is 16.4. The average Bonchev–Trinajstić information content (AvgIpc) is 3.08. The summed E-state index contributed by atoms with van der Waals surface area (Å²) in [5.74, 6) is 0.804. The Labute approximate surface area is 165 Å². The number of aromatic amines is 1. The molecule has 0 atom stereocenters. The first-order valence-electron chi connectivity index (χ1n) is 9.71. The fraction of sp³-hybridized carbons (Fsp3) is 0.348. The molecule has 5 nitrogen and oxygen atoms in total. The van der Waals surface area contributed by atoms with E-state index < -0.39 is 0 Å². The summed E-state index contributed by atoms with van der Waals surface area (Å²) in [6, 6.07) is 16.1. The highest BCUT2D eigenvalue weighted by Crippen LogP contribution is 2.35. The first-order valence-corrected chi connectivity index (χ1v) is 9.71. The minimum atomic E-state index is -0.125. The maximum Gasteiger partial charge on any atom is 0.253 e. The second kappa shape index (κ2) is 7.68. The van der Waals surface area contributed by atoms with E-state index in [4.69, 9.17) is 9.47 Å². The molecule has 1 aliphatic rings. The molecule has 1 aliphatic heterocycles. The van der Waals surface area contributed by atoms with Crippen LogP contribution in [0.5, 0.6) is 5.75 Å². The molecule has 28 heavy (non-hydrogen) atoms. The summed E-state index contributed by atoms with van der Waals surface area (Å²) in [6.07, 6.45) is 1.76. The summed E-state index contributed by atoms with van der Waals surface area (Å²) in [5.41, 5.74) is 3.70. The number of hydrogen-bond donors (Lipinski definition) is 2. The Kier molecular flexibility index (Phi) is 5.09. The van der Waals surface area contributed by atoms with Crippen LogP contribution in [0.1, 0.15) is 34.5 Å². The highest BCUT2D eigenvalue weighted by Gasteiger charge is 2.35. The number of amides is 1. The molecule has 1 aromatic heterocycles. The Morgan fingerprint density at radius 1 is 1.14 bits per heavy atom. The molecule has 1 fully saturated rings. The summed E-state index contributed by atoms with van der Waals surface area (Å²) in [7, 11) is 1.67. The van der Waals surface area contributed by atoms with Gasteiger partial charge in [-0.25, -0.2) is 0 Å². The summed E-state index contributed by atoms with van der Waals surface area (Å²) < 4.78 is 10.9. The molecule has 0 spiro atoms. The first-order chi connectivity index (χ1) is 13.6. The van der Waals surface area contributed by atoms with Gasteiger partial charge in [0.15, 0.2) is 0 Å². The quantitative estimate of drug-likeness (QED) is 0.706. The lowest BCUT2D eigenvalue weighted by Gasteiger charge is -2.38. The molecule has 4 rings (SSSR count). The Bertz CT molecular complexity index is 969. The maximum atomic E-state index is 13.1. The molecule has 0 aliphatic carbocycles. The van der Waals surface area contributed by atoms with E-state index in [1.807, 2.05) is 43.3 Å². The smallest absolute Gasteiger partial charge is 0.253 e. The number of fused-ring (bicyclic) bond motifs is 1. The fourth-order valence-corrected chi connectivity index (χ4v) is 4.18. The van der Waals surface area contributed by atoms with E-state index in [2.05, 4.69) is 22.4 Å². The Morgan fingerprint density at radius 2 is 1.86 bits per heavy atom. The van der Waals surface area contributed by atoms with E-state index in [0.717, 1.165) is 40.8 Å². The molecule has 0 bridgehead atoms. The van der Waals surface area contributed by atoms with Crippen molar-refractivity contribution in [3.05, 3.63) is 65.4 Å². The molecule has 146 valence electrons. The number of hydrogen-bond acceptors (Lipinski definition) is 3. The van der Waals surface area contributed by atoms with Gasteiger partial charge in [0.1, 0.15) is 5.75 Å². The van der Waals surface area contributed by atoms with E-state index in [-0.39, 0.29) is 11.3 Å². The van der Waals surface area contributed by atoms with Gasteiger partial charge in [-0.15, -0.1) is 0 Å². The minimum absolute atomic E-state index is 0.0330. The van der Waals surface area contributed by atoms with E-state index >= 15 is 0 Å². The van der Waals surface area contributed by atoms with Gasteiger partial charge in [-0.3, -0.25) is 4.79 Å². The van der Waals surface area contributed by atoms with Crippen LogP contribution >= 0.6 is 0 Å². The van der Waals surface area contributed by atoms with Crippen LogP contribution in [0.3, 0.4) is 0 Å². The van der Waals surface area contributed by atoms with Gasteiger partial charge in [0.2, 0.25) is 0 Å². The Hall–Kier alpha value is -2.79. The first kappa shape index (κ1) is 18.6. The molecule has 0 radical (unpaired) electrons. The van der Waals surface area contributed by atoms with Crippen LogP contribution in [0.15, 0.2) is 48.5 Å². The molecule has 1 saturated heterocycles. The number of nitrogens with one attached hydrogen (secondary N) is 2. The monoisotopic (exact) mass is 378 g/mol. The standard InChI is InChI=1S/C23H26N2O3/c1-16-21(19-5-3-4-6-20(19)25-16)22(26)24-15-23(11-13-28-14-12-23)17-7-9-18(27-2)10-8-17/h3-10,25H,11-15H2,1-2H3,(H,24,26). The van der Waals surface area contributed by atoms with Crippen LogP contribution < -0.4 is 10.1 Å². The second-order valence-corrected chi connectivity index (χ2v) is 7.47. The molecular weight excluding hydrogens is 352 g/mol. The van der Waals surface area contributed by atoms with E-state index in [1.165, 1.54) is 5.56 Å². The number of carbonyl (C=O) groups is 1. The number of methoxy groups -OCH3 is 1. The number of para-hydroxylation sites is 1. The van der Waals surface area contributed by atoms with Crippen LogP contribution in [0.4, 0.5) is 0 Å². The van der Waals surface area contributed by atoms with Crippen molar-refractivity contribution in [1.82, 2.24) is 10.3 Å². The van der Waals surface area contributed by atoms with Gasteiger partial charge in [-0.1, -0.05) is 30.3 Å². The Morgan fingerprint density at radius 3 is 2.57 bits per heavy atom. The predicted molar refractivity (Wildman–Crippen MR) is 110 cm³/mol. The molecule has 2 heterocycles. The maximum absolute atomic E-state index is 13.1. The van der Waals surface area contributed by atoms with Gasteiger partial charge < -0.3 is 19.8 Å². The number of aromatic nitrogens is 1. The summed E-state index contributed by atoms with van der Waals surface area (Å²) in [5, 5.41) is 4.17. The van der Waals surface area contributed by atoms with Gasteiger partial charge in [-0.2, -0.15) is 0 Å². The van der Waals surface area contributed by atoms with Gasteiger partial charge in [-0.05, 0) is 43.5 Å². The SMILES string of the molecule is COc1ccc(C2(CNC(=O)c3c(C)[nH]c4ccccc34)CCOCC2)cc1. The van der Waals surface area contributed by atoms with Crippen molar-refractivity contribution in [2.75, 3.05) is 26.9 Å². The average molecular weight is 378 g/mol. The third-order valence-corrected chi connectivity index (χ3v) is 5.86. The normalized spacial score (nSPS) is 16.1. The summed E-state index contributed by atoms with van der Waals surface area (Å²) in [6.45, 7) is 3.94. The lowest BCUT2D eigenvalue weighted by molar-refractivity contribution is 0.0487. The molecule has 2 aromatic carbocycles. The minimum Gasteiger partial charge on any atom is -0.497 e. The predicted octanol–water partition coefficient (Wildman–Crippen LogP) is 3.96. The lowest BCUT2D eigenvalue weighted by atomic mass is 9.74. The summed E-state index contributed by atoms with van der Waals surface area (Å²) >= 11 is 0. The fourth-order valence-electron chi connectivity index (χ4n) is 4.18. The third-order valence-electron chi connectivity index (χ3n) is 5.86. The zero-order chi connectivity index (χ0) is 19.6. The van der Waals surface area contributed by atoms with Crippen molar-refractivity contribution in [1.29, 1.82) is 0 Å². The van der Waals surface area contributed by atoms with Crippen molar-refractivity contribution in [3.8, 4) is 5.75 Å². The number of ether oxygens (including phenoxy) is 2. The highest BCUT2D eigenvalue weighted by atomic mass is 16.5. The van der Waals surface area contributed by atoms with Crippen molar-refractivity contribution in [3.63, 3.8) is 0 Å². The number of rotatable bonds is 5. The van der Waals surface area contributed by atoms with E-state index in [0.29, 0.717) is 19.8 Å². The van der Waals surface area contributed by atoms with E-state index in [1.54, 1.807) is 7.11 Å². The topological polar surface area (TPSA) is 63.3 Å². The number of benzene rings is 2. The van der Waals surface area contributed by atoms with Gasteiger partial charge in [0.05, 0.1) is 12.7 Å². The third kappa shape index (κ3) is 3.38. The van der Waals surface area contributed by atoms with Crippen molar-refractivity contribution in [2.24, 2.45) is 0 Å². The summed E-state index contributed by atoms with van der Waals surface area (Å²) in [4.78, 5) is 16.4. The second-order valence-electron chi connectivity index (χ2n) is 7.47. The lowest BCUT2D eigenvalue weighted by Crippen LogP contribution is -2.44. The van der Waals surface area contributed by atoms with Crippen LogP contribution in [-0.4, -0.2) is 37.8 Å². The molecule has 0 unspecified atom stereocenters. The molecular formula is C23H26N2O3. The van der Waals surface area contributed by atoms with Crippen molar-refractivity contribution in [2.45, 2.75) is 25.2 Å². The van der Waals surface area contributed by atoms with Crippen molar-refractivity contribution >= 4 is 16.8 Å². The number of H-pyrrole nitrogens is 1. The molecule has 5 heteroatoms. The number of carbonyl (C=O) groups excluding carboxylic acids is 1. The zero-order valence-electron chi connectivity index (χ0n) is 16.4. The van der Waals surface area contributed by atoms with Crippen molar-refractivity contribution < 1.29 is 14.3 Å². The van der Waals surface area contributed by atoms with E-state index in [9.17, 15) is 4.79 Å². The van der Waals surface area contributed by atoms with Gasteiger partial charge in [0.25, 0.3) is 5.91 Å². The van der Waals surface area contributed by atoms with Crippen LogP contribution in [0, 0.1) is 6.92 Å². The highest BCUT2D eigenvalue weighted by molar-refractivity contribution is 6.08. The molecule has 2 N–H and O–H groups in total. The molecule has 3 aromatic rings. The van der Waals surface area contributed by atoms with Gasteiger partial charge in [0, 0.05) is 41.8 Å². The number of aryl methyl sites for hydroxylation is 1. The van der Waals surface area contributed by atoms with Crippen LogP contribution in [0.2, 0.25) is 0 Å². The largest absolute Gasteiger partial charge is 0.497 e.